The Labute approximate surface area is 183 Å². The number of aromatic hydroxyl groups is 1. The van der Waals surface area contributed by atoms with E-state index in [0.717, 1.165) is 41.0 Å². The fraction of sp³-hybridized carbons (Fsp3) is 0.296. The van der Waals surface area contributed by atoms with Crippen molar-refractivity contribution in [2.75, 3.05) is 6.54 Å². The van der Waals surface area contributed by atoms with Crippen molar-refractivity contribution in [1.82, 2.24) is 5.32 Å². The first kappa shape index (κ1) is 21.1. The van der Waals surface area contributed by atoms with Gasteiger partial charge < -0.3 is 15.2 Å². The van der Waals surface area contributed by atoms with Crippen molar-refractivity contribution in [2.45, 2.75) is 38.8 Å². The Morgan fingerprint density at radius 1 is 1.03 bits per heavy atom. The highest BCUT2D eigenvalue weighted by molar-refractivity contribution is 5.92. The topological polar surface area (TPSA) is 58.6 Å². The summed E-state index contributed by atoms with van der Waals surface area (Å²) in [6, 6.07) is 23.3. The van der Waals surface area contributed by atoms with Gasteiger partial charge in [0.15, 0.2) is 5.78 Å². The number of fused-ring (bicyclic) bond motifs is 1. The monoisotopic (exact) mass is 415 g/mol. The van der Waals surface area contributed by atoms with E-state index in [1.54, 1.807) is 12.1 Å². The Morgan fingerprint density at radius 3 is 2.48 bits per heavy atom. The van der Waals surface area contributed by atoms with Gasteiger partial charge in [-0.05, 0) is 52.9 Å². The Balaban J connectivity index is 1.66. The van der Waals surface area contributed by atoms with Crippen LogP contribution < -0.4 is 10.1 Å². The average Bonchev–Trinajstić information content (AvgIpc) is 2.79. The normalized spacial score (nSPS) is 17.9. The largest absolute Gasteiger partial charge is 0.508 e. The maximum absolute atomic E-state index is 13.5. The number of nitrogens with one attached hydrogen (secondary N) is 1. The molecule has 0 bridgehead atoms. The van der Waals surface area contributed by atoms with Gasteiger partial charge in [0.25, 0.3) is 0 Å². The Hall–Kier alpha value is -3.11. The van der Waals surface area contributed by atoms with E-state index in [9.17, 15) is 9.90 Å². The molecule has 0 aliphatic carbocycles. The molecule has 1 aliphatic heterocycles. The van der Waals surface area contributed by atoms with Crippen LogP contribution in [0, 0.1) is 5.92 Å². The number of hydrogen-bond acceptors (Lipinski definition) is 4. The molecule has 0 radical (unpaired) electrons. The second kappa shape index (κ2) is 8.94. The predicted octanol–water partition coefficient (Wildman–Crippen LogP) is 4.78. The summed E-state index contributed by atoms with van der Waals surface area (Å²) >= 11 is 0. The summed E-state index contributed by atoms with van der Waals surface area (Å²) in [5, 5.41) is 13.2. The van der Waals surface area contributed by atoms with Gasteiger partial charge in [0.05, 0.1) is 0 Å². The quantitative estimate of drug-likeness (QED) is 0.583. The van der Waals surface area contributed by atoms with E-state index in [1.807, 2.05) is 68.4 Å². The van der Waals surface area contributed by atoms with E-state index in [1.165, 1.54) is 0 Å². The third-order valence-electron chi connectivity index (χ3n) is 5.96. The molecule has 4 rings (SSSR count). The van der Waals surface area contributed by atoms with Crippen LogP contribution >= 0.6 is 0 Å². The van der Waals surface area contributed by atoms with Gasteiger partial charge in [0.1, 0.15) is 23.6 Å². The Morgan fingerprint density at radius 2 is 1.77 bits per heavy atom. The molecular weight excluding hydrogens is 386 g/mol. The minimum absolute atomic E-state index is 0.107. The van der Waals surface area contributed by atoms with E-state index in [2.05, 4.69) is 11.4 Å². The van der Waals surface area contributed by atoms with Crippen LogP contribution in [-0.2, 0) is 29.8 Å². The molecule has 4 heteroatoms. The number of phenolic OH excluding ortho intramolecular Hbond substituents is 1. The molecule has 0 fully saturated rings. The van der Waals surface area contributed by atoms with Crippen molar-refractivity contribution in [3.63, 3.8) is 0 Å². The van der Waals surface area contributed by atoms with Crippen LogP contribution in [0.5, 0.6) is 11.5 Å². The summed E-state index contributed by atoms with van der Waals surface area (Å²) in [5.41, 5.74) is 3.53. The maximum atomic E-state index is 13.5. The highest BCUT2D eigenvalue weighted by Gasteiger charge is 2.44. The van der Waals surface area contributed by atoms with E-state index in [0.29, 0.717) is 13.0 Å². The van der Waals surface area contributed by atoms with E-state index in [-0.39, 0.29) is 17.5 Å². The molecule has 0 saturated carbocycles. The van der Waals surface area contributed by atoms with E-state index < -0.39 is 5.54 Å². The van der Waals surface area contributed by atoms with Gasteiger partial charge in [-0.2, -0.15) is 0 Å². The number of carbonyl (C=O) groups is 1. The van der Waals surface area contributed by atoms with Crippen LogP contribution in [0.25, 0.3) is 0 Å². The molecule has 2 N–H and O–H groups in total. The van der Waals surface area contributed by atoms with Gasteiger partial charge in [-0.15, -0.1) is 0 Å². The molecule has 1 heterocycles. The zero-order chi connectivity index (χ0) is 21.8. The molecule has 0 amide bonds. The lowest BCUT2D eigenvalue weighted by atomic mass is 9.72. The summed E-state index contributed by atoms with van der Waals surface area (Å²) in [6.07, 6.45) is 1.39. The minimum atomic E-state index is -0.781. The molecule has 31 heavy (non-hydrogen) atoms. The van der Waals surface area contributed by atoms with Gasteiger partial charge in [-0.3, -0.25) is 4.79 Å². The SMILES string of the molecule is CC(C)C(=O)C1(Cc2ccc(O)cc2)NCCc2cc(OCc3ccccc3)ccc21. The van der Waals surface area contributed by atoms with Gasteiger partial charge in [0.2, 0.25) is 0 Å². The minimum Gasteiger partial charge on any atom is -0.508 e. The lowest BCUT2D eigenvalue weighted by Gasteiger charge is -2.40. The van der Waals surface area contributed by atoms with Gasteiger partial charge >= 0.3 is 0 Å². The summed E-state index contributed by atoms with van der Waals surface area (Å²) in [7, 11) is 0. The van der Waals surface area contributed by atoms with Crippen LogP contribution in [0.2, 0.25) is 0 Å². The number of carbonyl (C=O) groups excluding carboxylic acids is 1. The van der Waals surface area contributed by atoms with Crippen molar-refractivity contribution in [1.29, 1.82) is 0 Å². The zero-order valence-electron chi connectivity index (χ0n) is 18.1. The summed E-state index contributed by atoms with van der Waals surface area (Å²) in [5.74, 6) is 1.12. The highest BCUT2D eigenvalue weighted by atomic mass is 16.5. The molecule has 3 aromatic rings. The number of ether oxygens (including phenoxy) is 1. The number of ketones is 1. The van der Waals surface area contributed by atoms with Crippen molar-refractivity contribution in [3.8, 4) is 11.5 Å². The third-order valence-corrected chi connectivity index (χ3v) is 5.96. The van der Waals surface area contributed by atoms with Crippen molar-refractivity contribution >= 4 is 5.78 Å². The molecular formula is C27H29NO3. The average molecular weight is 416 g/mol. The standard InChI is InChI=1S/C27H29NO3/c1-19(2)26(30)27(17-20-8-10-23(29)11-9-20)25-13-12-24(16-22(25)14-15-28-27)31-18-21-6-4-3-5-7-21/h3-13,16,19,28-29H,14-15,17-18H2,1-2H3. The van der Waals surface area contributed by atoms with Gasteiger partial charge in [-0.25, -0.2) is 0 Å². The number of benzene rings is 3. The molecule has 1 aliphatic rings. The molecule has 3 aromatic carbocycles. The molecule has 4 nitrogen and oxygen atoms in total. The summed E-state index contributed by atoms with van der Waals surface area (Å²) < 4.78 is 6.03. The zero-order valence-corrected chi connectivity index (χ0v) is 18.1. The predicted molar refractivity (Wildman–Crippen MR) is 122 cm³/mol. The molecule has 1 unspecified atom stereocenters. The number of phenols is 1. The number of hydrogen-bond donors (Lipinski definition) is 2. The smallest absolute Gasteiger partial charge is 0.160 e. The fourth-order valence-electron chi connectivity index (χ4n) is 4.41. The molecule has 0 saturated heterocycles. The first-order valence-electron chi connectivity index (χ1n) is 10.9. The Kier molecular flexibility index (Phi) is 6.10. The van der Waals surface area contributed by atoms with Crippen LogP contribution in [0.3, 0.4) is 0 Å². The lowest BCUT2D eigenvalue weighted by Crippen LogP contribution is -2.56. The van der Waals surface area contributed by atoms with Crippen molar-refractivity contribution in [2.24, 2.45) is 5.92 Å². The lowest BCUT2D eigenvalue weighted by molar-refractivity contribution is -0.129. The van der Waals surface area contributed by atoms with E-state index in [4.69, 9.17) is 4.74 Å². The van der Waals surface area contributed by atoms with E-state index >= 15 is 0 Å². The van der Waals surface area contributed by atoms with Crippen LogP contribution in [0.15, 0.2) is 72.8 Å². The highest BCUT2D eigenvalue weighted by Crippen LogP contribution is 2.37. The molecule has 1 atom stereocenters. The van der Waals surface area contributed by atoms with Crippen molar-refractivity contribution < 1.29 is 14.6 Å². The molecule has 160 valence electrons. The van der Waals surface area contributed by atoms with Crippen LogP contribution in [0.1, 0.15) is 36.1 Å². The Bertz CT molecular complexity index is 1040. The molecule has 0 aromatic heterocycles. The fourth-order valence-corrected chi connectivity index (χ4v) is 4.41. The van der Waals surface area contributed by atoms with Crippen LogP contribution in [-0.4, -0.2) is 17.4 Å². The first-order valence-corrected chi connectivity index (χ1v) is 10.9. The number of Topliss-reactive ketones (excluding diaryl/α,β-unsaturated/α-hetero) is 1. The first-order chi connectivity index (χ1) is 15.0. The van der Waals surface area contributed by atoms with Gasteiger partial charge in [0, 0.05) is 18.9 Å². The van der Waals surface area contributed by atoms with Crippen molar-refractivity contribution in [3.05, 3.63) is 95.1 Å². The second-order valence-corrected chi connectivity index (χ2v) is 8.54. The third kappa shape index (κ3) is 4.49. The second-order valence-electron chi connectivity index (χ2n) is 8.54. The molecule has 0 spiro atoms. The van der Waals surface area contributed by atoms with Gasteiger partial charge in [-0.1, -0.05) is 62.4 Å². The number of rotatable bonds is 7. The summed E-state index contributed by atoms with van der Waals surface area (Å²) in [6.45, 7) is 5.15. The maximum Gasteiger partial charge on any atom is 0.160 e. The van der Waals surface area contributed by atoms with Crippen LogP contribution in [0.4, 0.5) is 0 Å². The summed E-state index contributed by atoms with van der Waals surface area (Å²) in [4.78, 5) is 13.5.